The van der Waals surface area contributed by atoms with E-state index in [1.165, 1.54) is 44.9 Å². The first-order chi connectivity index (χ1) is 19.0. The lowest BCUT2D eigenvalue weighted by atomic mass is 9.80. The second kappa shape index (κ2) is 10.9. The van der Waals surface area contributed by atoms with Crippen molar-refractivity contribution in [3.05, 3.63) is 52.3 Å². The summed E-state index contributed by atoms with van der Waals surface area (Å²) in [4.78, 5) is 29.0. The predicted molar refractivity (Wildman–Crippen MR) is 148 cm³/mol. The van der Waals surface area contributed by atoms with Gasteiger partial charge in [-0.25, -0.2) is 19.7 Å². The SMILES string of the molecule is COC(c1ccccc1)c1nc2nc(-c3noc(=O)[nH]3)nc(NC(C)C3CCC3)c2n1CC1CCC(C)CC1. The molecule has 0 bridgehead atoms. The van der Waals surface area contributed by atoms with Gasteiger partial charge in [0.05, 0.1) is 0 Å². The number of aromatic amines is 1. The Labute approximate surface area is 227 Å². The number of anilines is 1. The average molecular weight is 532 g/mol. The van der Waals surface area contributed by atoms with Crippen molar-refractivity contribution >= 4 is 17.0 Å². The zero-order valence-electron chi connectivity index (χ0n) is 22.9. The van der Waals surface area contributed by atoms with E-state index in [0.717, 1.165) is 29.4 Å². The first-order valence-corrected chi connectivity index (χ1v) is 14.2. The summed E-state index contributed by atoms with van der Waals surface area (Å²) < 4.78 is 13.1. The summed E-state index contributed by atoms with van der Waals surface area (Å²) >= 11 is 0. The Bertz CT molecular complexity index is 1470. The smallest absolute Gasteiger partial charge is 0.369 e. The molecule has 2 aliphatic rings. The van der Waals surface area contributed by atoms with Gasteiger partial charge in [-0.3, -0.25) is 9.51 Å². The molecule has 10 nitrogen and oxygen atoms in total. The van der Waals surface area contributed by atoms with Crippen LogP contribution in [-0.4, -0.2) is 42.8 Å². The Hall–Kier alpha value is -3.53. The highest BCUT2D eigenvalue weighted by atomic mass is 16.5. The number of ether oxygens (including phenoxy) is 1. The van der Waals surface area contributed by atoms with Crippen molar-refractivity contribution in [2.75, 3.05) is 12.4 Å². The molecule has 0 radical (unpaired) electrons. The molecule has 2 saturated carbocycles. The Morgan fingerprint density at radius 3 is 2.51 bits per heavy atom. The molecule has 6 rings (SSSR count). The molecule has 3 heterocycles. The van der Waals surface area contributed by atoms with Crippen LogP contribution in [0.5, 0.6) is 0 Å². The van der Waals surface area contributed by atoms with Crippen LogP contribution in [0.2, 0.25) is 0 Å². The van der Waals surface area contributed by atoms with Crippen molar-refractivity contribution < 1.29 is 9.26 Å². The van der Waals surface area contributed by atoms with Crippen LogP contribution < -0.4 is 11.1 Å². The zero-order chi connectivity index (χ0) is 26.9. The van der Waals surface area contributed by atoms with Gasteiger partial charge in [-0.1, -0.05) is 61.7 Å². The number of hydrogen-bond acceptors (Lipinski definition) is 8. The number of hydrogen-bond donors (Lipinski definition) is 2. The number of imidazole rings is 1. The van der Waals surface area contributed by atoms with Crippen LogP contribution in [0, 0.1) is 17.8 Å². The standard InChI is InChI=1S/C29H37N7O3/c1-17-12-14-19(15-13-17)16-36-22-24(30-18(2)20-10-7-11-20)31-26(27-34-29(37)39-35-27)32-25(22)33-28(36)23(38-3)21-8-5-4-6-9-21/h4-6,8-9,17-20,23H,7,10-16H2,1-3H3,(H,30,31,32)(H,34,35,37). The fraction of sp³-hybridized carbons (Fsp3) is 0.552. The Balaban J connectivity index is 1.52. The van der Waals surface area contributed by atoms with Crippen LogP contribution in [0.25, 0.3) is 22.8 Å². The minimum atomic E-state index is -0.646. The lowest BCUT2D eigenvalue weighted by molar-refractivity contribution is 0.124. The van der Waals surface area contributed by atoms with Gasteiger partial charge in [-0.15, -0.1) is 0 Å². The van der Waals surface area contributed by atoms with Crippen LogP contribution >= 0.6 is 0 Å². The zero-order valence-corrected chi connectivity index (χ0v) is 22.9. The average Bonchev–Trinajstić information content (AvgIpc) is 3.49. The normalized spacial score (nSPS) is 21.5. The second-order valence-corrected chi connectivity index (χ2v) is 11.4. The van der Waals surface area contributed by atoms with E-state index >= 15 is 0 Å². The Morgan fingerprint density at radius 1 is 1.10 bits per heavy atom. The molecular weight excluding hydrogens is 494 g/mol. The molecule has 2 unspecified atom stereocenters. The number of H-pyrrole nitrogens is 1. The summed E-state index contributed by atoms with van der Waals surface area (Å²) in [7, 11) is 1.72. The van der Waals surface area contributed by atoms with E-state index in [0.29, 0.717) is 23.3 Å². The molecule has 1 aromatic carbocycles. The molecule has 0 saturated heterocycles. The van der Waals surface area contributed by atoms with Gasteiger partial charge in [-0.05, 0) is 55.9 Å². The van der Waals surface area contributed by atoms with E-state index in [1.54, 1.807) is 7.11 Å². The third-order valence-corrected chi connectivity index (χ3v) is 8.65. The van der Waals surface area contributed by atoms with Crippen LogP contribution in [0.15, 0.2) is 39.6 Å². The van der Waals surface area contributed by atoms with Crippen molar-refractivity contribution in [2.24, 2.45) is 17.8 Å². The number of methoxy groups -OCH3 is 1. The number of nitrogens with zero attached hydrogens (tertiary/aromatic N) is 5. The molecule has 4 aromatic rings. The molecule has 3 aromatic heterocycles. The molecule has 10 heteroatoms. The molecule has 2 aliphatic carbocycles. The molecule has 39 heavy (non-hydrogen) atoms. The Kier molecular flexibility index (Phi) is 7.20. The fourth-order valence-electron chi connectivity index (χ4n) is 6.03. The molecule has 0 spiro atoms. The lowest BCUT2D eigenvalue weighted by Gasteiger charge is -2.32. The largest absolute Gasteiger partial charge is 0.439 e. The van der Waals surface area contributed by atoms with Gasteiger partial charge >= 0.3 is 5.76 Å². The summed E-state index contributed by atoms with van der Waals surface area (Å²) in [6.07, 6.45) is 8.15. The van der Waals surface area contributed by atoms with E-state index < -0.39 is 5.76 Å². The first kappa shape index (κ1) is 25.7. The van der Waals surface area contributed by atoms with Gasteiger partial charge in [0.1, 0.15) is 17.4 Å². The van der Waals surface area contributed by atoms with Crippen LogP contribution in [-0.2, 0) is 11.3 Å². The fourth-order valence-corrected chi connectivity index (χ4v) is 6.03. The van der Waals surface area contributed by atoms with E-state index in [9.17, 15) is 4.79 Å². The number of nitrogens with one attached hydrogen (secondary N) is 2. The third-order valence-electron chi connectivity index (χ3n) is 8.65. The summed E-state index contributed by atoms with van der Waals surface area (Å²) in [6, 6.07) is 10.4. The minimum absolute atomic E-state index is 0.185. The van der Waals surface area contributed by atoms with Gasteiger partial charge in [0.25, 0.3) is 0 Å². The first-order valence-electron chi connectivity index (χ1n) is 14.2. The number of rotatable bonds is 9. The summed E-state index contributed by atoms with van der Waals surface area (Å²) in [5, 5.41) is 7.54. The molecule has 0 amide bonds. The maximum absolute atomic E-state index is 11.7. The highest BCUT2D eigenvalue weighted by molar-refractivity contribution is 5.86. The number of benzene rings is 1. The molecular formula is C29H37N7O3. The van der Waals surface area contributed by atoms with Gasteiger partial charge in [0.15, 0.2) is 11.5 Å². The highest BCUT2D eigenvalue weighted by Crippen LogP contribution is 2.37. The van der Waals surface area contributed by atoms with Gasteiger partial charge < -0.3 is 14.6 Å². The summed E-state index contributed by atoms with van der Waals surface area (Å²) in [5.41, 5.74) is 2.44. The molecule has 2 fully saturated rings. The van der Waals surface area contributed by atoms with Gasteiger partial charge in [-0.2, -0.15) is 0 Å². The van der Waals surface area contributed by atoms with E-state index in [2.05, 4.69) is 46.0 Å². The molecule has 206 valence electrons. The number of fused-ring (bicyclic) bond motifs is 1. The van der Waals surface area contributed by atoms with Gasteiger partial charge in [0, 0.05) is 19.7 Å². The summed E-state index contributed by atoms with van der Waals surface area (Å²) in [6.45, 7) is 5.38. The highest BCUT2D eigenvalue weighted by Gasteiger charge is 2.30. The van der Waals surface area contributed by atoms with Gasteiger partial charge in [0.2, 0.25) is 11.6 Å². The van der Waals surface area contributed by atoms with Crippen LogP contribution in [0.1, 0.15) is 76.3 Å². The van der Waals surface area contributed by atoms with Crippen LogP contribution in [0.3, 0.4) is 0 Å². The van der Waals surface area contributed by atoms with E-state index in [1.807, 2.05) is 18.2 Å². The lowest BCUT2D eigenvalue weighted by Crippen LogP contribution is -2.31. The van der Waals surface area contributed by atoms with Crippen molar-refractivity contribution in [3.63, 3.8) is 0 Å². The van der Waals surface area contributed by atoms with E-state index in [-0.39, 0.29) is 23.8 Å². The molecule has 2 N–H and O–H groups in total. The van der Waals surface area contributed by atoms with Crippen molar-refractivity contribution in [1.29, 1.82) is 0 Å². The monoisotopic (exact) mass is 531 g/mol. The topological polar surface area (TPSA) is 124 Å². The molecule has 0 aliphatic heterocycles. The maximum Gasteiger partial charge on any atom is 0.439 e. The van der Waals surface area contributed by atoms with E-state index in [4.69, 9.17) is 24.2 Å². The predicted octanol–water partition coefficient (Wildman–Crippen LogP) is 5.33. The number of aromatic nitrogens is 6. The molecule has 2 atom stereocenters. The van der Waals surface area contributed by atoms with Crippen molar-refractivity contribution in [3.8, 4) is 11.6 Å². The third kappa shape index (κ3) is 5.22. The van der Waals surface area contributed by atoms with Crippen molar-refractivity contribution in [1.82, 2.24) is 29.7 Å². The van der Waals surface area contributed by atoms with Crippen molar-refractivity contribution in [2.45, 2.75) is 77.5 Å². The Morgan fingerprint density at radius 2 is 1.87 bits per heavy atom. The van der Waals surface area contributed by atoms with Crippen LogP contribution in [0.4, 0.5) is 5.82 Å². The maximum atomic E-state index is 11.7. The second-order valence-electron chi connectivity index (χ2n) is 11.4. The minimum Gasteiger partial charge on any atom is -0.369 e. The summed E-state index contributed by atoms with van der Waals surface area (Å²) in [5.74, 6) is 3.21. The quantitative estimate of drug-likeness (QED) is 0.297.